The van der Waals surface area contributed by atoms with E-state index >= 15 is 0 Å². The van der Waals surface area contributed by atoms with E-state index in [-0.39, 0.29) is 5.41 Å². The number of aromatic nitrogens is 1. The molecule has 0 fully saturated rings. The first-order valence-electron chi connectivity index (χ1n) is 7.88. The zero-order valence-electron chi connectivity index (χ0n) is 13.6. The number of fused-ring (bicyclic) bond motifs is 4. The standard InChI is InChI=1S/C22H19N/c1-14-15(2)21-20(18-11-6-5-9-16(18)13-23-21)22(3,4)19-12-8-7-10-17(14)19/h5-13H,1-2H2,3-4H3. The van der Waals surface area contributed by atoms with Crippen LogP contribution in [0, 0.1) is 0 Å². The van der Waals surface area contributed by atoms with E-state index in [0.29, 0.717) is 0 Å². The molecule has 1 nitrogen and oxygen atoms in total. The maximum atomic E-state index is 4.76. The van der Waals surface area contributed by atoms with E-state index in [0.717, 1.165) is 22.2 Å². The average molecular weight is 297 g/mol. The molecule has 0 radical (unpaired) electrons. The molecule has 1 heteroatoms. The fourth-order valence-corrected chi connectivity index (χ4v) is 3.76. The Hall–Kier alpha value is -2.67. The quantitative estimate of drug-likeness (QED) is 0.526. The van der Waals surface area contributed by atoms with Crippen molar-refractivity contribution >= 4 is 21.9 Å². The molecule has 23 heavy (non-hydrogen) atoms. The molecule has 1 aromatic heterocycles. The Balaban J connectivity index is 2.21. The molecule has 2 aromatic carbocycles. The van der Waals surface area contributed by atoms with Gasteiger partial charge in [-0.1, -0.05) is 75.5 Å². The molecule has 112 valence electrons. The Kier molecular flexibility index (Phi) is 2.83. The van der Waals surface area contributed by atoms with E-state index in [1.165, 1.54) is 22.1 Å². The smallest absolute Gasteiger partial charge is 0.0749 e. The van der Waals surface area contributed by atoms with Gasteiger partial charge >= 0.3 is 0 Å². The zero-order valence-corrected chi connectivity index (χ0v) is 13.6. The normalized spacial score (nSPS) is 15.9. The monoisotopic (exact) mass is 297 g/mol. The third kappa shape index (κ3) is 1.83. The summed E-state index contributed by atoms with van der Waals surface area (Å²) in [5.74, 6) is 0. The largest absolute Gasteiger partial charge is 0.255 e. The summed E-state index contributed by atoms with van der Waals surface area (Å²) in [7, 11) is 0. The van der Waals surface area contributed by atoms with E-state index in [1.807, 2.05) is 6.20 Å². The van der Waals surface area contributed by atoms with Crippen LogP contribution in [0.15, 0.2) is 67.9 Å². The zero-order chi connectivity index (χ0) is 16.2. The van der Waals surface area contributed by atoms with Gasteiger partial charge in [0.25, 0.3) is 0 Å². The molecule has 4 rings (SSSR count). The van der Waals surface area contributed by atoms with Crippen LogP contribution in [-0.2, 0) is 5.41 Å². The fourth-order valence-electron chi connectivity index (χ4n) is 3.76. The number of hydrogen-bond acceptors (Lipinski definition) is 1. The molecule has 0 N–H and O–H groups in total. The van der Waals surface area contributed by atoms with Gasteiger partial charge in [-0.2, -0.15) is 0 Å². The summed E-state index contributed by atoms with van der Waals surface area (Å²) in [6.07, 6.45) is 1.94. The van der Waals surface area contributed by atoms with Crippen molar-refractivity contribution in [1.82, 2.24) is 4.98 Å². The van der Waals surface area contributed by atoms with Gasteiger partial charge in [0.2, 0.25) is 0 Å². The van der Waals surface area contributed by atoms with E-state index in [1.54, 1.807) is 0 Å². The van der Waals surface area contributed by atoms with Gasteiger partial charge < -0.3 is 0 Å². The number of nitrogens with zero attached hydrogens (tertiary/aromatic N) is 1. The van der Waals surface area contributed by atoms with E-state index in [4.69, 9.17) is 4.98 Å². The Morgan fingerprint density at radius 2 is 1.57 bits per heavy atom. The van der Waals surface area contributed by atoms with Gasteiger partial charge in [0.1, 0.15) is 0 Å². The maximum Gasteiger partial charge on any atom is 0.0749 e. The number of rotatable bonds is 0. The summed E-state index contributed by atoms with van der Waals surface area (Å²) < 4.78 is 0. The lowest BCUT2D eigenvalue weighted by Crippen LogP contribution is -2.21. The second-order valence-electron chi connectivity index (χ2n) is 6.70. The average Bonchev–Trinajstić information content (AvgIpc) is 2.64. The molecule has 0 bridgehead atoms. The number of allylic oxidation sites excluding steroid dienone is 2. The molecule has 0 saturated heterocycles. The number of benzene rings is 2. The van der Waals surface area contributed by atoms with Crippen LogP contribution in [-0.4, -0.2) is 4.98 Å². The van der Waals surface area contributed by atoms with Crippen LogP contribution >= 0.6 is 0 Å². The molecular weight excluding hydrogens is 278 g/mol. The molecule has 0 aliphatic heterocycles. The van der Waals surface area contributed by atoms with E-state index in [2.05, 4.69) is 75.5 Å². The summed E-state index contributed by atoms with van der Waals surface area (Å²) in [5.41, 5.74) is 6.38. The third-order valence-corrected chi connectivity index (χ3v) is 5.00. The highest BCUT2D eigenvalue weighted by molar-refractivity contribution is 6.07. The summed E-state index contributed by atoms with van der Waals surface area (Å²) in [5, 5.41) is 2.41. The number of hydrogen-bond donors (Lipinski definition) is 0. The van der Waals surface area contributed by atoms with Gasteiger partial charge in [-0.25, -0.2) is 0 Å². The van der Waals surface area contributed by atoms with Crippen molar-refractivity contribution in [3.05, 3.63) is 90.3 Å². The minimum atomic E-state index is -0.165. The predicted octanol–water partition coefficient (Wildman–Crippen LogP) is 5.60. The third-order valence-electron chi connectivity index (χ3n) is 5.00. The Bertz CT molecular complexity index is 976. The molecule has 0 atom stereocenters. The molecule has 0 amide bonds. The van der Waals surface area contributed by atoms with Crippen LogP contribution in [0.2, 0.25) is 0 Å². The molecule has 0 unspecified atom stereocenters. The van der Waals surface area contributed by atoms with Gasteiger partial charge in [0.05, 0.1) is 5.69 Å². The van der Waals surface area contributed by atoms with Crippen molar-refractivity contribution in [2.45, 2.75) is 19.3 Å². The number of pyridine rings is 1. The summed E-state index contributed by atoms with van der Waals surface area (Å²) in [6, 6.07) is 16.9. The summed E-state index contributed by atoms with van der Waals surface area (Å²) >= 11 is 0. The van der Waals surface area contributed by atoms with Gasteiger partial charge in [-0.3, -0.25) is 4.98 Å². The van der Waals surface area contributed by atoms with Crippen molar-refractivity contribution in [2.75, 3.05) is 0 Å². The maximum absolute atomic E-state index is 4.76. The first kappa shape index (κ1) is 14.0. The van der Waals surface area contributed by atoms with Gasteiger partial charge in [-0.15, -0.1) is 0 Å². The van der Waals surface area contributed by atoms with Crippen molar-refractivity contribution < 1.29 is 0 Å². The van der Waals surface area contributed by atoms with Crippen LogP contribution in [0.5, 0.6) is 0 Å². The first-order chi connectivity index (χ1) is 11.0. The Labute approximate surface area is 137 Å². The highest BCUT2D eigenvalue weighted by Gasteiger charge is 2.35. The topological polar surface area (TPSA) is 12.9 Å². The lowest BCUT2D eigenvalue weighted by Gasteiger charge is -2.28. The minimum absolute atomic E-state index is 0.165. The minimum Gasteiger partial charge on any atom is -0.255 e. The van der Waals surface area contributed by atoms with E-state index in [9.17, 15) is 0 Å². The van der Waals surface area contributed by atoms with Crippen LogP contribution in [0.3, 0.4) is 0 Å². The van der Waals surface area contributed by atoms with Crippen molar-refractivity contribution in [3.63, 3.8) is 0 Å². The fraction of sp³-hybridized carbons (Fsp3) is 0.136. The predicted molar refractivity (Wildman–Crippen MR) is 98.4 cm³/mol. The van der Waals surface area contributed by atoms with Crippen molar-refractivity contribution in [3.8, 4) is 0 Å². The Morgan fingerprint density at radius 3 is 2.39 bits per heavy atom. The van der Waals surface area contributed by atoms with Gasteiger partial charge in [0.15, 0.2) is 0 Å². The second-order valence-corrected chi connectivity index (χ2v) is 6.70. The SMILES string of the molecule is C=C1C(=C)c2ncc3ccccc3c2C(C)(C)c2ccccc21. The first-order valence-corrected chi connectivity index (χ1v) is 7.88. The van der Waals surface area contributed by atoms with Crippen LogP contribution in [0.4, 0.5) is 0 Å². The molecule has 0 saturated carbocycles. The van der Waals surface area contributed by atoms with Gasteiger partial charge in [0, 0.05) is 22.6 Å². The molecule has 3 aromatic rings. The molecule has 1 aliphatic rings. The van der Waals surface area contributed by atoms with Crippen LogP contribution < -0.4 is 0 Å². The van der Waals surface area contributed by atoms with Crippen LogP contribution in [0.1, 0.15) is 36.2 Å². The molecule has 1 aliphatic carbocycles. The van der Waals surface area contributed by atoms with Crippen molar-refractivity contribution in [2.24, 2.45) is 0 Å². The molecule has 1 heterocycles. The lowest BCUT2D eigenvalue weighted by atomic mass is 9.75. The van der Waals surface area contributed by atoms with E-state index < -0.39 is 0 Å². The lowest BCUT2D eigenvalue weighted by molar-refractivity contribution is 0.642. The Morgan fingerprint density at radius 1 is 0.870 bits per heavy atom. The van der Waals surface area contributed by atoms with Gasteiger partial charge in [-0.05, 0) is 27.6 Å². The highest BCUT2D eigenvalue weighted by Crippen LogP contribution is 2.47. The summed E-state index contributed by atoms with van der Waals surface area (Å²) in [6.45, 7) is 13.1. The highest BCUT2D eigenvalue weighted by atomic mass is 14.7. The molecule has 0 spiro atoms. The summed E-state index contributed by atoms with van der Waals surface area (Å²) in [4.78, 5) is 4.76. The molecular formula is C22H19N. The second kappa shape index (κ2) is 4.66. The van der Waals surface area contributed by atoms with Crippen LogP contribution in [0.25, 0.3) is 21.9 Å². The van der Waals surface area contributed by atoms with Crippen molar-refractivity contribution in [1.29, 1.82) is 0 Å².